The molecule has 5 aromatic heterocycles. The second-order valence-electron chi connectivity index (χ2n) is 11.1. The van der Waals surface area contributed by atoms with Gasteiger partial charge in [0.05, 0.1) is 42.8 Å². The molecular weight excluding hydrogens is 612 g/mol. The van der Waals surface area contributed by atoms with E-state index in [1.165, 1.54) is 30.6 Å². The van der Waals surface area contributed by atoms with Gasteiger partial charge in [-0.15, -0.1) is 11.3 Å². The van der Waals surface area contributed by atoms with Crippen LogP contribution >= 0.6 is 11.3 Å². The number of ether oxygens (including phenoxy) is 2. The van der Waals surface area contributed by atoms with Crippen molar-refractivity contribution in [1.29, 1.82) is 0 Å². The van der Waals surface area contributed by atoms with E-state index in [1.54, 1.807) is 15.8 Å². The zero-order chi connectivity index (χ0) is 32.1. The summed E-state index contributed by atoms with van der Waals surface area (Å²) < 4.78 is 45.9. The number of carbonyl (C=O) groups is 1. The van der Waals surface area contributed by atoms with Crippen molar-refractivity contribution in [3.63, 3.8) is 0 Å². The first-order valence-electron chi connectivity index (χ1n) is 14.6. The Bertz CT molecular complexity index is 2150. The van der Waals surface area contributed by atoms with Gasteiger partial charge in [-0.25, -0.2) is 13.8 Å². The maximum Gasteiger partial charge on any atom is 0.246 e. The van der Waals surface area contributed by atoms with Crippen molar-refractivity contribution in [3.8, 4) is 39.5 Å². The van der Waals surface area contributed by atoms with Gasteiger partial charge in [0.2, 0.25) is 5.91 Å². The van der Waals surface area contributed by atoms with E-state index >= 15 is 4.39 Å². The highest BCUT2D eigenvalue weighted by atomic mass is 32.1. The van der Waals surface area contributed by atoms with Gasteiger partial charge in [0.25, 0.3) is 0 Å². The SMILES string of the molecule is C=CC(=O)N1Cc2cc(-c3nc(-c4cnc5cn(C)nc5c4)c4ccsc4c3-c3c(F)cc(F)cc3OCCOC)nn2CC1C. The van der Waals surface area contributed by atoms with Gasteiger partial charge < -0.3 is 14.4 Å². The Morgan fingerprint density at radius 1 is 1.13 bits per heavy atom. The quantitative estimate of drug-likeness (QED) is 0.149. The van der Waals surface area contributed by atoms with Crippen molar-refractivity contribution in [2.75, 3.05) is 20.3 Å². The monoisotopic (exact) mass is 641 g/mol. The van der Waals surface area contributed by atoms with E-state index in [1.807, 2.05) is 48.4 Å². The van der Waals surface area contributed by atoms with Gasteiger partial charge >= 0.3 is 0 Å². The summed E-state index contributed by atoms with van der Waals surface area (Å²) in [4.78, 5) is 24.1. The second kappa shape index (κ2) is 11.7. The number of nitrogens with zero attached hydrogens (tertiary/aromatic N) is 7. The molecule has 0 aliphatic carbocycles. The Labute approximate surface area is 266 Å². The first-order valence-corrected chi connectivity index (χ1v) is 15.5. The third-order valence-electron chi connectivity index (χ3n) is 8.03. The van der Waals surface area contributed by atoms with E-state index in [4.69, 9.17) is 19.6 Å². The fraction of sp³-hybridized carbons (Fsp3) is 0.242. The first-order chi connectivity index (χ1) is 22.2. The lowest BCUT2D eigenvalue weighted by molar-refractivity contribution is -0.129. The molecule has 0 bridgehead atoms. The molecule has 6 heterocycles. The van der Waals surface area contributed by atoms with Crippen LogP contribution in [0.25, 0.3) is 54.9 Å². The van der Waals surface area contributed by atoms with Crippen molar-refractivity contribution < 1.29 is 23.0 Å². The molecule has 1 atom stereocenters. The van der Waals surface area contributed by atoms with Crippen LogP contribution in [0.15, 0.2) is 60.8 Å². The fourth-order valence-corrected chi connectivity index (χ4v) is 6.85. The summed E-state index contributed by atoms with van der Waals surface area (Å²) in [5.74, 6) is -1.71. The van der Waals surface area contributed by atoms with E-state index < -0.39 is 11.6 Å². The predicted molar refractivity (Wildman–Crippen MR) is 171 cm³/mol. The number of amides is 1. The molecule has 46 heavy (non-hydrogen) atoms. The normalized spacial score (nSPS) is 14.6. The maximum atomic E-state index is 16.0. The molecule has 1 aromatic carbocycles. The molecule has 1 amide bonds. The van der Waals surface area contributed by atoms with Gasteiger partial charge in [-0.3, -0.25) is 19.1 Å². The molecule has 0 radical (unpaired) electrons. The van der Waals surface area contributed by atoms with Crippen LogP contribution in [0.1, 0.15) is 12.6 Å². The van der Waals surface area contributed by atoms with Crippen LogP contribution < -0.4 is 4.74 Å². The maximum absolute atomic E-state index is 16.0. The largest absolute Gasteiger partial charge is 0.490 e. The molecular formula is C33H29F2N7O3S. The number of methoxy groups -OCH3 is 1. The third kappa shape index (κ3) is 5.11. The Kier molecular flexibility index (Phi) is 7.57. The van der Waals surface area contributed by atoms with Gasteiger partial charge in [-0.1, -0.05) is 6.58 Å². The third-order valence-corrected chi connectivity index (χ3v) is 8.96. The number of pyridine rings is 2. The lowest BCUT2D eigenvalue weighted by atomic mass is 9.96. The number of fused-ring (bicyclic) bond motifs is 3. The highest BCUT2D eigenvalue weighted by Gasteiger charge is 2.30. The minimum absolute atomic E-state index is 0.0250. The number of hydrogen-bond donors (Lipinski definition) is 0. The van der Waals surface area contributed by atoms with Crippen LogP contribution in [0.4, 0.5) is 8.78 Å². The van der Waals surface area contributed by atoms with E-state index in [0.29, 0.717) is 46.0 Å². The van der Waals surface area contributed by atoms with Crippen molar-refractivity contribution in [2.24, 2.45) is 7.05 Å². The molecule has 0 spiro atoms. The van der Waals surface area contributed by atoms with Gasteiger partial charge in [0, 0.05) is 59.7 Å². The second-order valence-corrected chi connectivity index (χ2v) is 12.0. The Morgan fingerprint density at radius 3 is 2.78 bits per heavy atom. The highest BCUT2D eigenvalue weighted by Crippen LogP contribution is 2.47. The predicted octanol–water partition coefficient (Wildman–Crippen LogP) is 6.00. The highest BCUT2D eigenvalue weighted by molar-refractivity contribution is 7.18. The zero-order valence-electron chi connectivity index (χ0n) is 25.3. The number of halogens is 2. The van der Waals surface area contributed by atoms with Crippen molar-refractivity contribution in [2.45, 2.75) is 26.1 Å². The van der Waals surface area contributed by atoms with E-state index in [9.17, 15) is 9.18 Å². The van der Waals surface area contributed by atoms with Crippen molar-refractivity contribution in [3.05, 3.63) is 78.1 Å². The fourth-order valence-electron chi connectivity index (χ4n) is 5.90. The van der Waals surface area contributed by atoms with Crippen LogP contribution in [0, 0.1) is 11.6 Å². The molecule has 1 aliphatic rings. The number of benzene rings is 1. The molecule has 10 nitrogen and oxygen atoms in total. The molecule has 1 unspecified atom stereocenters. The lowest BCUT2D eigenvalue weighted by Gasteiger charge is -2.33. The van der Waals surface area contributed by atoms with Gasteiger partial charge in [0.15, 0.2) is 0 Å². The minimum atomic E-state index is -0.796. The summed E-state index contributed by atoms with van der Waals surface area (Å²) >= 11 is 1.41. The summed E-state index contributed by atoms with van der Waals surface area (Å²) in [5, 5.41) is 12.1. The lowest BCUT2D eigenvalue weighted by Crippen LogP contribution is -2.44. The summed E-state index contributed by atoms with van der Waals surface area (Å²) in [6.45, 7) is 6.67. The van der Waals surface area contributed by atoms with Crippen LogP contribution in [0.2, 0.25) is 0 Å². The van der Waals surface area contributed by atoms with E-state index in [0.717, 1.165) is 28.2 Å². The molecule has 0 fully saturated rings. The van der Waals surface area contributed by atoms with Crippen molar-refractivity contribution in [1.82, 2.24) is 34.4 Å². The smallest absolute Gasteiger partial charge is 0.246 e. The van der Waals surface area contributed by atoms with Gasteiger partial charge in [0.1, 0.15) is 46.4 Å². The topological polar surface area (TPSA) is 100 Å². The number of hydrogen-bond acceptors (Lipinski definition) is 8. The number of rotatable bonds is 8. The average molecular weight is 642 g/mol. The van der Waals surface area contributed by atoms with Crippen LogP contribution in [-0.2, 0) is 29.7 Å². The van der Waals surface area contributed by atoms with Gasteiger partial charge in [-0.05, 0) is 36.6 Å². The molecule has 7 rings (SSSR count). The summed E-state index contributed by atoms with van der Waals surface area (Å²) in [5.41, 5.74) is 4.91. The number of aromatic nitrogens is 6. The molecule has 6 aromatic rings. The van der Waals surface area contributed by atoms with Crippen LogP contribution in [-0.4, -0.2) is 66.7 Å². The molecule has 0 N–H and O–H groups in total. The summed E-state index contributed by atoms with van der Waals surface area (Å²) in [7, 11) is 3.35. The van der Waals surface area contributed by atoms with Crippen LogP contribution in [0.3, 0.4) is 0 Å². The molecule has 0 saturated heterocycles. The van der Waals surface area contributed by atoms with Crippen LogP contribution in [0.5, 0.6) is 5.75 Å². The molecule has 234 valence electrons. The average Bonchev–Trinajstić information content (AvgIpc) is 3.77. The standard InChI is InChI=1S/C33H29F2N7O3S/c1-5-28(43)41-16-21-13-25(39-42(21)15-18(41)2)32-30(29-23(35)11-20(34)12-27(29)45-8-7-44-4)33-22(6-9-46-33)31(37-32)19-10-24-26(36-14-19)17-40(3)38-24/h5-6,9-14,17-18H,1,7-8,15-16H2,2-4H3. The minimum Gasteiger partial charge on any atom is -0.490 e. The molecule has 0 saturated carbocycles. The van der Waals surface area contributed by atoms with Crippen molar-refractivity contribution >= 4 is 38.4 Å². The summed E-state index contributed by atoms with van der Waals surface area (Å²) in [6.07, 6.45) is 4.87. The molecule has 13 heteroatoms. The Hall–Kier alpha value is -5.01. The molecule has 1 aliphatic heterocycles. The zero-order valence-corrected chi connectivity index (χ0v) is 26.1. The summed E-state index contributed by atoms with van der Waals surface area (Å²) in [6, 6.07) is 7.58. The Morgan fingerprint density at radius 2 is 1.98 bits per heavy atom. The van der Waals surface area contributed by atoms with E-state index in [-0.39, 0.29) is 36.5 Å². The Balaban J connectivity index is 1.49. The van der Waals surface area contributed by atoms with E-state index in [2.05, 4.69) is 16.7 Å². The number of carbonyl (C=O) groups excluding carboxylic acids is 1. The van der Waals surface area contributed by atoms with Gasteiger partial charge in [-0.2, -0.15) is 10.2 Å². The number of thiophene rings is 1. The first kappa shape index (κ1) is 29.7. The number of aryl methyl sites for hydroxylation is 1.